The second kappa shape index (κ2) is 7.20. The fourth-order valence-electron chi connectivity index (χ4n) is 1.38. The molecule has 0 heterocycles. The lowest BCUT2D eigenvalue weighted by Crippen LogP contribution is -2.03. The Balaban J connectivity index is 2.87. The van der Waals surface area contributed by atoms with E-state index in [9.17, 15) is 9.59 Å². The van der Waals surface area contributed by atoms with E-state index in [0.29, 0.717) is 18.1 Å². The van der Waals surface area contributed by atoms with E-state index in [1.807, 2.05) is 0 Å². The van der Waals surface area contributed by atoms with Crippen LogP contribution in [0, 0.1) is 0 Å². The SMILES string of the molecule is CCO[13C](=O)/C=C/c1ccc(OC(C)=O)c(OC)c1. The van der Waals surface area contributed by atoms with Crippen molar-refractivity contribution in [3.8, 4) is 11.5 Å². The van der Waals surface area contributed by atoms with Gasteiger partial charge in [-0.05, 0) is 30.7 Å². The second-order valence-electron chi connectivity index (χ2n) is 3.59. The van der Waals surface area contributed by atoms with Crippen LogP contribution in [0.5, 0.6) is 11.5 Å². The zero-order valence-electron chi connectivity index (χ0n) is 11.1. The number of carbonyl (C=O) groups excluding carboxylic acids is 2. The zero-order valence-corrected chi connectivity index (χ0v) is 11.1. The molecule has 0 amide bonds. The van der Waals surface area contributed by atoms with Gasteiger partial charge in [0.1, 0.15) is 0 Å². The van der Waals surface area contributed by atoms with Crippen LogP contribution in [0.2, 0.25) is 0 Å². The molecule has 0 aliphatic rings. The molecule has 0 spiro atoms. The van der Waals surface area contributed by atoms with E-state index in [0.717, 1.165) is 5.56 Å². The van der Waals surface area contributed by atoms with Crippen LogP contribution >= 0.6 is 0 Å². The molecule has 0 bridgehead atoms. The lowest BCUT2D eigenvalue weighted by Gasteiger charge is -2.08. The highest BCUT2D eigenvalue weighted by Gasteiger charge is 2.07. The van der Waals surface area contributed by atoms with E-state index < -0.39 is 11.9 Å². The lowest BCUT2D eigenvalue weighted by atomic mass is 10.2. The third kappa shape index (κ3) is 4.83. The molecule has 0 aliphatic heterocycles. The quantitative estimate of drug-likeness (QED) is 0.353. The summed E-state index contributed by atoms with van der Waals surface area (Å²) in [5, 5.41) is 0. The number of methoxy groups -OCH3 is 1. The number of ether oxygens (including phenoxy) is 3. The Morgan fingerprint density at radius 2 is 2.00 bits per heavy atom. The average Bonchev–Trinajstić information content (AvgIpc) is 2.37. The predicted molar refractivity (Wildman–Crippen MR) is 70.0 cm³/mol. The Kier molecular flexibility index (Phi) is 5.60. The number of hydrogen-bond acceptors (Lipinski definition) is 5. The van der Waals surface area contributed by atoms with Crippen LogP contribution in [-0.4, -0.2) is 25.7 Å². The summed E-state index contributed by atoms with van der Waals surface area (Å²) in [7, 11) is 1.47. The van der Waals surface area contributed by atoms with Crippen molar-refractivity contribution in [2.45, 2.75) is 13.8 Å². The molecule has 5 nitrogen and oxygen atoms in total. The smallest absolute Gasteiger partial charge is 0.330 e. The zero-order chi connectivity index (χ0) is 14.3. The van der Waals surface area contributed by atoms with Gasteiger partial charge >= 0.3 is 11.9 Å². The topological polar surface area (TPSA) is 61.8 Å². The Morgan fingerprint density at radius 3 is 2.58 bits per heavy atom. The van der Waals surface area contributed by atoms with Gasteiger partial charge in [0.05, 0.1) is 13.7 Å². The molecular weight excluding hydrogens is 249 g/mol. The van der Waals surface area contributed by atoms with E-state index >= 15 is 0 Å². The minimum absolute atomic E-state index is 0.331. The first-order valence-electron chi connectivity index (χ1n) is 5.78. The van der Waals surface area contributed by atoms with Crippen LogP contribution in [0.3, 0.4) is 0 Å². The van der Waals surface area contributed by atoms with Gasteiger partial charge in [-0.3, -0.25) is 4.79 Å². The van der Waals surface area contributed by atoms with Gasteiger partial charge in [0.15, 0.2) is 11.5 Å². The van der Waals surface area contributed by atoms with Gasteiger partial charge in [-0.25, -0.2) is 4.79 Å². The van der Waals surface area contributed by atoms with Crippen molar-refractivity contribution in [2.75, 3.05) is 13.7 Å². The standard InChI is InChI=1S/C14H16O5/c1-4-18-14(16)8-6-11-5-7-12(19-10(2)15)13(9-11)17-3/h5-9H,4H2,1-3H3/b8-6+/i14+1. The molecule has 0 aliphatic carbocycles. The summed E-state index contributed by atoms with van der Waals surface area (Å²) >= 11 is 0. The summed E-state index contributed by atoms with van der Waals surface area (Å²) in [6.45, 7) is 3.38. The summed E-state index contributed by atoms with van der Waals surface area (Å²) in [6, 6.07) is 4.97. The van der Waals surface area contributed by atoms with Crippen molar-refractivity contribution in [3.63, 3.8) is 0 Å². The molecule has 5 heteroatoms. The molecule has 0 aromatic heterocycles. The maximum atomic E-state index is 11.2. The minimum atomic E-state index is -0.423. The van der Waals surface area contributed by atoms with Gasteiger partial charge in [-0.2, -0.15) is 0 Å². The van der Waals surface area contributed by atoms with Crippen molar-refractivity contribution in [1.29, 1.82) is 0 Å². The summed E-state index contributed by atoms with van der Waals surface area (Å²) in [5.74, 6) is -0.0804. The van der Waals surface area contributed by atoms with Crippen molar-refractivity contribution >= 4 is 18.0 Å². The molecule has 102 valence electrons. The molecule has 0 fully saturated rings. The first kappa shape index (κ1) is 14.8. The molecule has 1 aromatic carbocycles. The molecule has 1 rings (SSSR count). The summed E-state index contributed by atoms with van der Waals surface area (Å²) in [6.07, 6.45) is 2.92. The van der Waals surface area contributed by atoms with Gasteiger partial charge in [-0.1, -0.05) is 6.07 Å². The third-order valence-corrected chi connectivity index (χ3v) is 2.14. The summed E-state index contributed by atoms with van der Waals surface area (Å²) < 4.78 is 14.9. The fourth-order valence-corrected chi connectivity index (χ4v) is 1.38. The molecule has 19 heavy (non-hydrogen) atoms. The van der Waals surface area contributed by atoms with E-state index in [1.165, 1.54) is 20.1 Å². The average molecular weight is 265 g/mol. The van der Waals surface area contributed by atoms with Crippen molar-refractivity contribution in [3.05, 3.63) is 29.8 Å². The van der Waals surface area contributed by atoms with Crippen LogP contribution in [-0.2, 0) is 14.3 Å². The molecule has 0 N–H and O–H groups in total. The van der Waals surface area contributed by atoms with Crippen molar-refractivity contribution < 1.29 is 23.8 Å². The lowest BCUT2D eigenvalue weighted by molar-refractivity contribution is -0.137. The molecule has 0 unspecified atom stereocenters. The highest BCUT2D eigenvalue weighted by Crippen LogP contribution is 2.28. The number of hydrogen-bond donors (Lipinski definition) is 0. The number of esters is 2. The maximum absolute atomic E-state index is 11.2. The van der Waals surface area contributed by atoms with Gasteiger partial charge < -0.3 is 14.2 Å². The highest BCUT2D eigenvalue weighted by molar-refractivity contribution is 5.87. The number of benzene rings is 1. The maximum Gasteiger partial charge on any atom is 0.330 e. The normalized spacial score (nSPS) is 10.3. The Hall–Kier alpha value is -2.30. The van der Waals surface area contributed by atoms with Crippen LogP contribution in [0.4, 0.5) is 0 Å². The van der Waals surface area contributed by atoms with Crippen LogP contribution < -0.4 is 9.47 Å². The Bertz CT molecular complexity index is 491. The number of carbonyl (C=O) groups is 2. The number of rotatable bonds is 5. The molecule has 0 radical (unpaired) electrons. The first-order chi connectivity index (χ1) is 9.06. The predicted octanol–water partition coefficient (Wildman–Crippen LogP) is 2.20. The Morgan fingerprint density at radius 1 is 1.26 bits per heavy atom. The highest BCUT2D eigenvalue weighted by atomic mass is 16.6. The molecular formula is C14H16O5. The third-order valence-electron chi connectivity index (χ3n) is 2.14. The van der Waals surface area contributed by atoms with Crippen molar-refractivity contribution in [2.24, 2.45) is 0 Å². The molecule has 1 aromatic rings. The fraction of sp³-hybridized carbons (Fsp3) is 0.286. The Labute approximate surface area is 111 Å². The molecule has 0 atom stereocenters. The molecule has 0 saturated carbocycles. The second-order valence-corrected chi connectivity index (χ2v) is 3.59. The van der Waals surface area contributed by atoms with Gasteiger partial charge in [0, 0.05) is 13.0 Å². The monoisotopic (exact) mass is 265 g/mol. The first-order valence-corrected chi connectivity index (χ1v) is 5.78. The van der Waals surface area contributed by atoms with Crippen LogP contribution in [0.1, 0.15) is 19.4 Å². The van der Waals surface area contributed by atoms with E-state index in [4.69, 9.17) is 14.2 Å². The van der Waals surface area contributed by atoms with Gasteiger partial charge in [-0.15, -0.1) is 0 Å². The van der Waals surface area contributed by atoms with Gasteiger partial charge in [0.2, 0.25) is 0 Å². The minimum Gasteiger partial charge on any atom is -0.493 e. The van der Waals surface area contributed by atoms with E-state index in [1.54, 1.807) is 31.2 Å². The van der Waals surface area contributed by atoms with E-state index in [2.05, 4.69) is 0 Å². The van der Waals surface area contributed by atoms with Crippen LogP contribution in [0.15, 0.2) is 24.3 Å². The molecule has 0 saturated heterocycles. The van der Waals surface area contributed by atoms with Crippen molar-refractivity contribution in [1.82, 2.24) is 0 Å². The van der Waals surface area contributed by atoms with Gasteiger partial charge in [0.25, 0.3) is 0 Å². The summed E-state index contributed by atoms with van der Waals surface area (Å²) in [5.41, 5.74) is 0.737. The summed E-state index contributed by atoms with van der Waals surface area (Å²) in [4.78, 5) is 22.1. The van der Waals surface area contributed by atoms with E-state index in [-0.39, 0.29) is 0 Å². The van der Waals surface area contributed by atoms with Crippen LogP contribution in [0.25, 0.3) is 6.08 Å². The largest absolute Gasteiger partial charge is 0.493 e.